The molecular formula is C19H16Cl3N3O2S2. The van der Waals surface area contributed by atoms with Crippen molar-refractivity contribution in [3.05, 3.63) is 62.9 Å². The summed E-state index contributed by atoms with van der Waals surface area (Å²) < 4.78 is 27.2. The van der Waals surface area contributed by atoms with Crippen molar-refractivity contribution < 1.29 is 8.42 Å². The van der Waals surface area contributed by atoms with Crippen molar-refractivity contribution in [3.8, 4) is 11.3 Å². The van der Waals surface area contributed by atoms with Crippen LogP contribution in [0.3, 0.4) is 0 Å². The largest absolute Gasteiger partial charge is 0.345 e. The van der Waals surface area contributed by atoms with E-state index in [1.165, 1.54) is 21.7 Å². The average Bonchev–Trinajstić information content (AvgIpc) is 3.20. The summed E-state index contributed by atoms with van der Waals surface area (Å²) in [5.41, 5.74) is 1.71. The summed E-state index contributed by atoms with van der Waals surface area (Å²) in [6, 6.07) is 11.9. The molecule has 0 saturated carbocycles. The van der Waals surface area contributed by atoms with Gasteiger partial charge in [0.2, 0.25) is 10.0 Å². The predicted molar refractivity (Wildman–Crippen MR) is 120 cm³/mol. The van der Waals surface area contributed by atoms with Crippen molar-refractivity contribution in [2.75, 3.05) is 31.1 Å². The molecule has 0 aliphatic carbocycles. The summed E-state index contributed by atoms with van der Waals surface area (Å²) in [6.45, 7) is 1.85. The van der Waals surface area contributed by atoms with Crippen molar-refractivity contribution >= 4 is 61.3 Å². The van der Waals surface area contributed by atoms with Crippen molar-refractivity contribution in [3.63, 3.8) is 0 Å². The molecule has 29 heavy (non-hydrogen) atoms. The Hall–Kier alpha value is -1.35. The molecule has 1 aliphatic heterocycles. The van der Waals surface area contributed by atoms with E-state index in [0.29, 0.717) is 36.2 Å². The summed E-state index contributed by atoms with van der Waals surface area (Å²) in [5, 5.41) is 4.03. The highest BCUT2D eigenvalue weighted by atomic mass is 35.5. The van der Waals surface area contributed by atoms with Gasteiger partial charge in [-0.25, -0.2) is 13.4 Å². The molecule has 0 spiro atoms. The van der Waals surface area contributed by atoms with E-state index in [1.807, 2.05) is 11.4 Å². The number of hydrogen-bond donors (Lipinski definition) is 0. The SMILES string of the molecule is O=S(=O)(c1ccccc1Cl)N1CCN(c2nc(-c3ccc(Cl)c(Cl)c3)cs2)CC1. The molecule has 0 atom stereocenters. The molecule has 2 aromatic carbocycles. The highest BCUT2D eigenvalue weighted by molar-refractivity contribution is 7.89. The molecule has 1 aromatic heterocycles. The number of thiazole rings is 1. The molecule has 1 saturated heterocycles. The fourth-order valence-corrected chi connectivity index (χ4v) is 6.21. The molecule has 1 fully saturated rings. The molecule has 1 aliphatic rings. The molecule has 4 rings (SSSR count). The van der Waals surface area contributed by atoms with E-state index in [9.17, 15) is 8.42 Å². The van der Waals surface area contributed by atoms with Gasteiger partial charge in [0, 0.05) is 37.1 Å². The van der Waals surface area contributed by atoms with E-state index in [-0.39, 0.29) is 9.92 Å². The Balaban J connectivity index is 1.47. The van der Waals surface area contributed by atoms with Crippen LogP contribution in [0.5, 0.6) is 0 Å². The fraction of sp³-hybridized carbons (Fsp3) is 0.211. The third-order valence-corrected chi connectivity index (χ3v) is 8.71. The van der Waals surface area contributed by atoms with Crippen molar-refractivity contribution in [2.24, 2.45) is 0 Å². The van der Waals surface area contributed by atoms with Gasteiger partial charge in [-0.1, -0.05) is 53.0 Å². The summed E-state index contributed by atoms with van der Waals surface area (Å²) in [7, 11) is -3.61. The van der Waals surface area contributed by atoms with E-state index in [4.69, 9.17) is 34.8 Å². The normalized spacial score (nSPS) is 15.6. The Kier molecular flexibility index (Phi) is 6.06. The molecule has 0 bridgehead atoms. The first-order valence-corrected chi connectivity index (χ1v) is 12.2. The van der Waals surface area contributed by atoms with Crippen LogP contribution in [0, 0.1) is 0 Å². The number of aromatic nitrogens is 1. The molecular weight excluding hydrogens is 473 g/mol. The maximum atomic E-state index is 12.9. The third-order valence-electron chi connectivity index (χ3n) is 4.67. The second-order valence-electron chi connectivity index (χ2n) is 6.47. The minimum Gasteiger partial charge on any atom is -0.345 e. The van der Waals surface area contributed by atoms with Crippen LogP contribution in [0.15, 0.2) is 52.7 Å². The Morgan fingerprint density at radius 2 is 1.62 bits per heavy atom. The van der Waals surface area contributed by atoms with Gasteiger partial charge in [0.1, 0.15) is 4.90 Å². The van der Waals surface area contributed by atoms with Gasteiger partial charge in [-0.15, -0.1) is 11.3 Å². The molecule has 5 nitrogen and oxygen atoms in total. The van der Waals surface area contributed by atoms with Gasteiger partial charge in [0.25, 0.3) is 0 Å². The van der Waals surface area contributed by atoms with Crippen LogP contribution >= 0.6 is 46.1 Å². The van der Waals surface area contributed by atoms with Crippen LogP contribution in [0.4, 0.5) is 5.13 Å². The van der Waals surface area contributed by atoms with Crippen molar-refractivity contribution in [1.29, 1.82) is 0 Å². The maximum absolute atomic E-state index is 12.9. The zero-order valence-electron chi connectivity index (χ0n) is 15.1. The van der Waals surface area contributed by atoms with Crippen LogP contribution in [-0.4, -0.2) is 43.9 Å². The molecule has 0 radical (unpaired) electrons. The second kappa shape index (κ2) is 8.41. The molecule has 0 unspecified atom stereocenters. The Bertz CT molecular complexity index is 1140. The minimum absolute atomic E-state index is 0.145. The van der Waals surface area contributed by atoms with Gasteiger partial charge in [-0.3, -0.25) is 0 Å². The minimum atomic E-state index is -3.61. The van der Waals surface area contributed by atoms with Crippen LogP contribution in [-0.2, 0) is 10.0 Å². The van der Waals surface area contributed by atoms with E-state index in [0.717, 1.165) is 16.4 Å². The lowest BCUT2D eigenvalue weighted by atomic mass is 10.2. The summed E-state index contributed by atoms with van der Waals surface area (Å²) >= 11 is 19.7. The summed E-state index contributed by atoms with van der Waals surface area (Å²) in [5.74, 6) is 0. The highest BCUT2D eigenvalue weighted by Gasteiger charge is 2.30. The first kappa shape index (κ1) is 20.9. The van der Waals surface area contributed by atoms with E-state index in [1.54, 1.807) is 30.3 Å². The molecule has 0 amide bonds. The van der Waals surface area contributed by atoms with Gasteiger partial charge in [0.15, 0.2) is 5.13 Å². The number of rotatable bonds is 4. The zero-order chi connectivity index (χ0) is 20.6. The zero-order valence-corrected chi connectivity index (χ0v) is 19.0. The highest BCUT2D eigenvalue weighted by Crippen LogP contribution is 2.32. The molecule has 3 aromatic rings. The van der Waals surface area contributed by atoms with E-state index < -0.39 is 10.0 Å². The quantitative estimate of drug-likeness (QED) is 0.501. The topological polar surface area (TPSA) is 53.5 Å². The van der Waals surface area contributed by atoms with Gasteiger partial charge in [-0.2, -0.15) is 4.31 Å². The lowest BCUT2D eigenvalue weighted by Crippen LogP contribution is -2.48. The average molecular weight is 489 g/mol. The van der Waals surface area contributed by atoms with Gasteiger partial charge in [0.05, 0.1) is 20.8 Å². The smallest absolute Gasteiger partial charge is 0.244 e. The third kappa shape index (κ3) is 4.26. The molecule has 152 valence electrons. The Morgan fingerprint density at radius 1 is 0.897 bits per heavy atom. The fourth-order valence-electron chi connectivity index (χ4n) is 3.11. The molecule has 2 heterocycles. The molecule has 0 N–H and O–H groups in total. The second-order valence-corrected chi connectivity index (χ2v) is 10.4. The lowest BCUT2D eigenvalue weighted by Gasteiger charge is -2.33. The van der Waals surface area contributed by atoms with Crippen LogP contribution in [0.1, 0.15) is 0 Å². The Morgan fingerprint density at radius 3 is 2.31 bits per heavy atom. The monoisotopic (exact) mass is 487 g/mol. The number of halogens is 3. The van der Waals surface area contributed by atoms with Gasteiger partial charge >= 0.3 is 0 Å². The number of piperazine rings is 1. The first-order valence-electron chi connectivity index (χ1n) is 8.77. The number of anilines is 1. The van der Waals surface area contributed by atoms with Crippen molar-refractivity contribution in [2.45, 2.75) is 4.90 Å². The summed E-state index contributed by atoms with van der Waals surface area (Å²) in [4.78, 5) is 6.92. The van der Waals surface area contributed by atoms with E-state index in [2.05, 4.69) is 9.88 Å². The predicted octanol–water partition coefficient (Wildman–Crippen LogP) is 5.28. The van der Waals surface area contributed by atoms with Gasteiger partial charge in [-0.05, 0) is 24.3 Å². The molecule has 10 heteroatoms. The Labute approximate surface area is 188 Å². The number of sulfonamides is 1. The van der Waals surface area contributed by atoms with Gasteiger partial charge < -0.3 is 4.90 Å². The number of nitrogens with zero attached hydrogens (tertiary/aromatic N) is 3. The first-order chi connectivity index (χ1) is 13.9. The number of benzene rings is 2. The van der Waals surface area contributed by atoms with Crippen LogP contribution in [0.2, 0.25) is 15.1 Å². The standard InChI is InChI=1S/C19H16Cl3N3O2S2/c20-14-6-5-13(11-16(14)22)17-12-28-19(23-17)24-7-9-25(10-8-24)29(26,27)18-4-2-1-3-15(18)21/h1-6,11-12H,7-10H2. The van der Waals surface area contributed by atoms with Crippen LogP contribution < -0.4 is 4.90 Å². The lowest BCUT2D eigenvalue weighted by molar-refractivity contribution is 0.385. The number of hydrogen-bond acceptors (Lipinski definition) is 5. The van der Waals surface area contributed by atoms with E-state index >= 15 is 0 Å². The van der Waals surface area contributed by atoms with Crippen LogP contribution in [0.25, 0.3) is 11.3 Å². The summed E-state index contributed by atoms with van der Waals surface area (Å²) in [6.07, 6.45) is 0. The van der Waals surface area contributed by atoms with Crippen molar-refractivity contribution in [1.82, 2.24) is 9.29 Å². The maximum Gasteiger partial charge on any atom is 0.244 e.